The molecule has 4 nitrogen and oxygen atoms in total. The summed E-state index contributed by atoms with van der Waals surface area (Å²) in [6.45, 7) is 6.43. The zero-order valence-corrected chi connectivity index (χ0v) is 16.9. The molecule has 148 valence electrons. The molecule has 2 aliphatic rings. The number of benzene rings is 2. The van der Waals surface area contributed by atoms with Gasteiger partial charge in [0.1, 0.15) is 0 Å². The van der Waals surface area contributed by atoms with Crippen LogP contribution in [0.5, 0.6) is 11.5 Å². The lowest BCUT2D eigenvalue weighted by atomic mass is 10.2. The topological polar surface area (TPSA) is 30.5 Å². The molecule has 4 heteroatoms. The van der Waals surface area contributed by atoms with Gasteiger partial charge in [-0.05, 0) is 38.1 Å². The van der Waals surface area contributed by atoms with Crippen LogP contribution < -0.4 is 19.3 Å². The molecule has 29 heavy (non-hydrogen) atoms. The van der Waals surface area contributed by atoms with Crippen LogP contribution in [-0.4, -0.2) is 19.3 Å². The SMILES string of the molecule is CC[N+]1(CC)c2ccccc2OC1C=CC=CC=CC=C1Nc2ccccc2O1. The van der Waals surface area contributed by atoms with E-state index in [4.69, 9.17) is 9.47 Å². The van der Waals surface area contributed by atoms with Crippen molar-refractivity contribution < 1.29 is 9.47 Å². The van der Waals surface area contributed by atoms with Gasteiger partial charge in [0.05, 0.1) is 18.8 Å². The first-order valence-corrected chi connectivity index (χ1v) is 10.2. The number of rotatable bonds is 6. The molecule has 2 aromatic rings. The molecule has 0 spiro atoms. The summed E-state index contributed by atoms with van der Waals surface area (Å²) in [7, 11) is 0. The van der Waals surface area contributed by atoms with Crippen LogP contribution in [0, 0.1) is 0 Å². The average Bonchev–Trinajstić information content (AvgIpc) is 3.31. The van der Waals surface area contributed by atoms with Gasteiger partial charge in [-0.25, -0.2) is 4.48 Å². The maximum absolute atomic E-state index is 6.23. The predicted molar refractivity (Wildman–Crippen MR) is 120 cm³/mol. The molecule has 2 aromatic carbocycles. The highest BCUT2D eigenvalue weighted by Crippen LogP contribution is 2.43. The van der Waals surface area contributed by atoms with Gasteiger partial charge in [-0.2, -0.15) is 0 Å². The first-order valence-electron chi connectivity index (χ1n) is 10.2. The van der Waals surface area contributed by atoms with Gasteiger partial charge in [-0.15, -0.1) is 0 Å². The van der Waals surface area contributed by atoms with Crippen molar-refractivity contribution in [3.63, 3.8) is 0 Å². The second-order valence-corrected chi connectivity index (χ2v) is 7.05. The molecule has 0 aromatic heterocycles. The fraction of sp³-hybridized carbons (Fsp3) is 0.200. The second kappa shape index (κ2) is 8.41. The summed E-state index contributed by atoms with van der Waals surface area (Å²) in [6, 6.07) is 16.3. The molecule has 1 atom stereocenters. The van der Waals surface area contributed by atoms with Crippen LogP contribution in [0.2, 0.25) is 0 Å². The highest BCUT2D eigenvalue weighted by molar-refractivity contribution is 5.63. The summed E-state index contributed by atoms with van der Waals surface area (Å²) >= 11 is 0. The molecule has 0 amide bonds. The summed E-state index contributed by atoms with van der Waals surface area (Å²) in [5, 5.41) is 3.24. The number of quaternary nitrogens is 1. The number of anilines is 1. The summed E-state index contributed by atoms with van der Waals surface area (Å²) in [4.78, 5) is 0. The van der Waals surface area contributed by atoms with E-state index in [1.807, 2.05) is 60.7 Å². The van der Waals surface area contributed by atoms with Gasteiger partial charge in [0.15, 0.2) is 23.1 Å². The molecule has 0 fully saturated rings. The van der Waals surface area contributed by atoms with Crippen LogP contribution in [0.15, 0.2) is 96.9 Å². The Kier molecular flexibility index (Phi) is 5.54. The third kappa shape index (κ3) is 3.71. The monoisotopic (exact) mass is 387 g/mol. The van der Waals surface area contributed by atoms with E-state index in [1.165, 1.54) is 5.69 Å². The second-order valence-electron chi connectivity index (χ2n) is 7.05. The van der Waals surface area contributed by atoms with Gasteiger partial charge in [0, 0.05) is 12.1 Å². The Labute approximate surface area is 172 Å². The fourth-order valence-corrected chi connectivity index (χ4v) is 3.93. The lowest BCUT2D eigenvalue weighted by Gasteiger charge is -2.34. The number of para-hydroxylation sites is 4. The predicted octanol–water partition coefficient (Wildman–Crippen LogP) is 5.77. The van der Waals surface area contributed by atoms with Gasteiger partial charge in [0.25, 0.3) is 6.23 Å². The average molecular weight is 388 g/mol. The largest absolute Gasteiger partial charge is 0.439 e. The molecule has 0 radical (unpaired) electrons. The number of allylic oxidation sites excluding steroid dienone is 6. The first-order chi connectivity index (χ1) is 14.3. The van der Waals surface area contributed by atoms with Crippen molar-refractivity contribution in [1.82, 2.24) is 4.48 Å². The van der Waals surface area contributed by atoms with Crippen molar-refractivity contribution in [3.05, 3.63) is 96.9 Å². The molecule has 4 rings (SSSR count). The zero-order valence-electron chi connectivity index (χ0n) is 16.9. The maximum atomic E-state index is 6.23. The Morgan fingerprint density at radius 1 is 0.862 bits per heavy atom. The minimum atomic E-state index is 0.00717. The Balaban J connectivity index is 1.36. The Morgan fingerprint density at radius 3 is 2.34 bits per heavy atom. The molecule has 0 saturated carbocycles. The van der Waals surface area contributed by atoms with Crippen LogP contribution in [-0.2, 0) is 0 Å². The quantitative estimate of drug-likeness (QED) is 0.504. The van der Waals surface area contributed by atoms with Gasteiger partial charge in [-0.1, -0.05) is 54.6 Å². The maximum Gasteiger partial charge on any atom is 0.258 e. The van der Waals surface area contributed by atoms with Gasteiger partial charge < -0.3 is 14.8 Å². The van der Waals surface area contributed by atoms with E-state index in [2.05, 4.69) is 49.5 Å². The van der Waals surface area contributed by atoms with Crippen molar-refractivity contribution >= 4 is 11.4 Å². The Hall–Kier alpha value is -3.24. The van der Waals surface area contributed by atoms with E-state index in [0.717, 1.165) is 40.6 Å². The van der Waals surface area contributed by atoms with E-state index in [1.54, 1.807) is 0 Å². The van der Waals surface area contributed by atoms with Crippen molar-refractivity contribution in [2.24, 2.45) is 0 Å². The molecular formula is C25H27N2O2+. The van der Waals surface area contributed by atoms with E-state index >= 15 is 0 Å². The Morgan fingerprint density at radius 2 is 1.55 bits per heavy atom. The third-order valence-corrected chi connectivity index (χ3v) is 5.54. The summed E-state index contributed by atoms with van der Waals surface area (Å²) in [5.74, 6) is 2.58. The molecule has 1 unspecified atom stereocenters. The smallest absolute Gasteiger partial charge is 0.258 e. The standard InChI is InChI=1S/C25H27N2O2/c1-3-27(4-2)21-15-11-13-17-23(21)29-25(27)19-9-7-5-6-8-18-24-26-20-14-10-12-16-22(20)28-24/h5-19,25-26H,3-4H2,1-2H3/q+1. The lowest BCUT2D eigenvalue weighted by molar-refractivity contribution is 0.115. The minimum Gasteiger partial charge on any atom is -0.439 e. The van der Waals surface area contributed by atoms with Crippen LogP contribution in [0.25, 0.3) is 0 Å². The van der Waals surface area contributed by atoms with Crippen molar-refractivity contribution in [3.8, 4) is 11.5 Å². The van der Waals surface area contributed by atoms with Crippen molar-refractivity contribution in [1.29, 1.82) is 0 Å². The van der Waals surface area contributed by atoms with E-state index in [-0.39, 0.29) is 6.23 Å². The first kappa shape index (κ1) is 19.1. The molecule has 0 saturated heterocycles. The fourth-order valence-electron chi connectivity index (χ4n) is 3.93. The normalized spacial score (nSPS) is 20.8. The number of nitrogens with zero attached hydrogens (tertiary/aromatic N) is 1. The number of hydrogen-bond donors (Lipinski definition) is 1. The molecule has 2 heterocycles. The van der Waals surface area contributed by atoms with Crippen molar-refractivity contribution in [2.45, 2.75) is 20.1 Å². The van der Waals surface area contributed by atoms with Crippen LogP contribution >= 0.6 is 0 Å². The molecule has 2 aliphatic heterocycles. The molecular weight excluding hydrogens is 360 g/mol. The zero-order chi connectivity index (χ0) is 20.1. The molecule has 0 aliphatic carbocycles. The van der Waals surface area contributed by atoms with Crippen molar-refractivity contribution in [2.75, 3.05) is 18.4 Å². The number of likely N-dealkylation sites (N-methyl/N-ethyl adjacent to an activating group) is 1. The van der Waals surface area contributed by atoms with Gasteiger partial charge in [-0.3, -0.25) is 0 Å². The highest BCUT2D eigenvalue weighted by atomic mass is 16.5. The Bertz CT molecular complexity index is 957. The van der Waals surface area contributed by atoms with E-state index in [0.29, 0.717) is 0 Å². The summed E-state index contributed by atoms with van der Waals surface area (Å²) in [6.07, 6.45) is 14.1. The lowest BCUT2D eigenvalue weighted by Crippen LogP contribution is -2.54. The third-order valence-electron chi connectivity index (χ3n) is 5.54. The van der Waals surface area contributed by atoms with Gasteiger partial charge >= 0.3 is 0 Å². The van der Waals surface area contributed by atoms with Gasteiger partial charge in [0.2, 0.25) is 0 Å². The molecule has 0 bridgehead atoms. The number of nitrogens with one attached hydrogen (secondary N) is 1. The van der Waals surface area contributed by atoms with Crippen LogP contribution in [0.1, 0.15) is 13.8 Å². The van der Waals surface area contributed by atoms with E-state index in [9.17, 15) is 0 Å². The highest BCUT2D eigenvalue weighted by Gasteiger charge is 2.44. The minimum absolute atomic E-state index is 0.00717. The van der Waals surface area contributed by atoms with E-state index < -0.39 is 0 Å². The summed E-state index contributed by atoms with van der Waals surface area (Å²) in [5.41, 5.74) is 2.27. The number of ether oxygens (including phenoxy) is 2. The van der Waals surface area contributed by atoms with Crippen LogP contribution in [0.3, 0.4) is 0 Å². The number of fused-ring (bicyclic) bond motifs is 2. The van der Waals surface area contributed by atoms with Crippen LogP contribution in [0.4, 0.5) is 11.4 Å². The number of hydrogen-bond acceptors (Lipinski definition) is 3. The summed E-state index contributed by atoms with van der Waals surface area (Å²) < 4.78 is 12.8. The molecule has 1 N–H and O–H groups in total.